The molecule has 0 bridgehead atoms. The van der Waals surface area contributed by atoms with Gasteiger partial charge in [-0.15, -0.1) is 0 Å². The van der Waals surface area contributed by atoms with E-state index in [0.29, 0.717) is 6.42 Å². The van der Waals surface area contributed by atoms with Crippen LogP contribution in [0.4, 0.5) is 0 Å². The fraction of sp³-hybridized carbons (Fsp3) is 0.556. The van der Waals surface area contributed by atoms with Crippen LogP contribution in [-0.4, -0.2) is 75.2 Å². The van der Waals surface area contributed by atoms with E-state index in [0.717, 1.165) is 5.56 Å². The Hall–Kier alpha value is -2.04. The van der Waals surface area contributed by atoms with Crippen molar-refractivity contribution in [1.82, 2.24) is 5.32 Å². The summed E-state index contributed by atoms with van der Waals surface area (Å²) in [6, 6.07) is 9.32. The van der Waals surface area contributed by atoms with Gasteiger partial charge in [0, 0.05) is 6.04 Å². The first-order valence-corrected chi connectivity index (χ1v) is 8.63. The summed E-state index contributed by atoms with van der Waals surface area (Å²) in [6.07, 6.45) is -9.54. The van der Waals surface area contributed by atoms with Gasteiger partial charge >= 0.3 is 5.97 Å². The van der Waals surface area contributed by atoms with E-state index < -0.39 is 48.7 Å². The molecule has 0 spiro atoms. The van der Waals surface area contributed by atoms with E-state index in [2.05, 4.69) is 5.32 Å². The van der Waals surface area contributed by atoms with E-state index >= 15 is 0 Å². The number of benzene rings is 1. The van der Waals surface area contributed by atoms with Crippen LogP contribution in [0.1, 0.15) is 19.4 Å². The Morgan fingerprint density at radius 3 is 2.33 bits per heavy atom. The number of esters is 1. The molecule has 5 N–H and O–H groups in total. The molecule has 1 aliphatic heterocycles. The van der Waals surface area contributed by atoms with E-state index in [9.17, 15) is 30.0 Å². The van der Waals surface area contributed by atoms with E-state index in [-0.39, 0.29) is 6.04 Å². The first-order chi connectivity index (χ1) is 12.7. The molecule has 1 fully saturated rings. The van der Waals surface area contributed by atoms with E-state index in [1.54, 1.807) is 0 Å². The minimum absolute atomic E-state index is 0.212. The number of ether oxygens (including phenoxy) is 2. The molecule has 2 rings (SSSR count). The maximum atomic E-state index is 12.2. The second kappa shape index (κ2) is 9.25. The predicted molar refractivity (Wildman–Crippen MR) is 92.2 cm³/mol. The van der Waals surface area contributed by atoms with Crippen molar-refractivity contribution in [3.05, 3.63) is 35.9 Å². The lowest BCUT2D eigenvalue weighted by atomic mass is 9.99. The van der Waals surface area contributed by atoms with Crippen LogP contribution >= 0.6 is 0 Å². The van der Waals surface area contributed by atoms with Crippen LogP contribution in [0.25, 0.3) is 0 Å². The van der Waals surface area contributed by atoms with E-state index in [4.69, 9.17) is 9.47 Å². The SMILES string of the molecule is CC(Cc1ccccc1)NC(=O)C(C)OC(=O)[C@H]1OC(O)[C@H](O)[C@@H](O)[C@@H]1O. The number of aliphatic hydroxyl groups excluding tert-OH is 4. The zero-order valence-corrected chi connectivity index (χ0v) is 15.1. The maximum absolute atomic E-state index is 12.2. The van der Waals surface area contributed by atoms with E-state index in [1.165, 1.54) is 6.92 Å². The molecule has 1 amide bonds. The Balaban J connectivity index is 1.87. The molecule has 0 saturated carbocycles. The van der Waals surface area contributed by atoms with Gasteiger partial charge in [-0.05, 0) is 25.8 Å². The summed E-state index contributed by atoms with van der Waals surface area (Å²) in [4.78, 5) is 24.3. The average molecular weight is 383 g/mol. The van der Waals surface area contributed by atoms with Gasteiger partial charge in [0.15, 0.2) is 18.5 Å². The van der Waals surface area contributed by atoms with Crippen molar-refractivity contribution in [3.8, 4) is 0 Å². The number of rotatable bonds is 6. The lowest BCUT2D eigenvalue weighted by Gasteiger charge is -2.37. The summed E-state index contributed by atoms with van der Waals surface area (Å²) < 4.78 is 9.74. The lowest BCUT2D eigenvalue weighted by molar-refractivity contribution is -0.281. The number of carbonyl (C=O) groups excluding carboxylic acids is 2. The van der Waals surface area contributed by atoms with Gasteiger partial charge in [-0.3, -0.25) is 4.79 Å². The third kappa shape index (κ3) is 5.47. The fourth-order valence-electron chi connectivity index (χ4n) is 2.73. The molecule has 9 heteroatoms. The largest absolute Gasteiger partial charge is 0.451 e. The van der Waals surface area contributed by atoms with Crippen LogP contribution in [0.3, 0.4) is 0 Å². The maximum Gasteiger partial charge on any atom is 0.339 e. The number of aliphatic hydroxyl groups is 4. The number of hydrogen-bond donors (Lipinski definition) is 5. The molecule has 9 nitrogen and oxygen atoms in total. The van der Waals surface area contributed by atoms with Gasteiger partial charge in [-0.2, -0.15) is 0 Å². The third-order valence-corrected chi connectivity index (χ3v) is 4.26. The molecular formula is C18H25NO8. The highest BCUT2D eigenvalue weighted by Gasteiger charge is 2.47. The topological polar surface area (TPSA) is 146 Å². The highest BCUT2D eigenvalue weighted by Crippen LogP contribution is 2.21. The Morgan fingerprint density at radius 2 is 1.70 bits per heavy atom. The Bertz CT molecular complexity index is 640. The molecule has 27 heavy (non-hydrogen) atoms. The molecule has 3 unspecified atom stereocenters. The summed E-state index contributed by atoms with van der Waals surface area (Å²) in [5.74, 6) is -1.68. The Morgan fingerprint density at radius 1 is 1.07 bits per heavy atom. The normalized spacial score (nSPS) is 30.2. The Kier molecular flexibility index (Phi) is 7.28. The van der Waals surface area contributed by atoms with Gasteiger partial charge < -0.3 is 35.2 Å². The summed E-state index contributed by atoms with van der Waals surface area (Å²) in [5.41, 5.74) is 1.04. The zero-order chi connectivity index (χ0) is 20.1. The van der Waals surface area contributed by atoms with Crippen molar-refractivity contribution in [3.63, 3.8) is 0 Å². The first kappa shape index (κ1) is 21.3. The number of carbonyl (C=O) groups is 2. The molecule has 1 heterocycles. The molecule has 1 saturated heterocycles. The monoisotopic (exact) mass is 383 g/mol. The van der Waals surface area contributed by atoms with Crippen LogP contribution in [0.5, 0.6) is 0 Å². The van der Waals surface area contributed by atoms with Crippen molar-refractivity contribution in [2.24, 2.45) is 0 Å². The molecular weight excluding hydrogens is 358 g/mol. The van der Waals surface area contributed by atoms with Gasteiger partial charge in [0.05, 0.1) is 0 Å². The molecule has 1 aromatic rings. The number of hydrogen-bond acceptors (Lipinski definition) is 8. The van der Waals surface area contributed by atoms with Gasteiger partial charge in [0.1, 0.15) is 18.3 Å². The smallest absolute Gasteiger partial charge is 0.339 e. The van der Waals surface area contributed by atoms with Crippen molar-refractivity contribution in [2.75, 3.05) is 0 Å². The van der Waals surface area contributed by atoms with Crippen LogP contribution in [0.15, 0.2) is 30.3 Å². The minimum Gasteiger partial charge on any atom is -0.451 e. The third-order valence-electron chi connectivity index (χ3n) is 4.26. The summed E-state index contributed by atoms with van der Waals surface area (Å²) in [5, 5.41) is 41.0. The number of amides is 1. The minimum atomic E-state index is -1.86. The molecule has 0 aromatic heterocycles. The van der Waals surface area contributed by atoms with Crippen LogP contribution in [0, 0.1) is 0 Å². The molecule has 0 radical (unpaired) electrons. The second-order valence-corrected chi connectivity index (χ2v) is 6.60. The molecule has 150 valence electrons. The lowest BCUT2D eigenvalue weighted by Crippen LogP contribution is -2.60. The van der Waals surface area contributed by atoms with Crippen molar-refractivity contribution in [2.45, 2.75) is 63.1 Å². The van der Waals surface area contributed by atoms with Gasteiger partial charge in [0.2, 0.25) is 0 Å². The molecule has 1 aromatic carbocycles. The van der Waals surface area contributed by atoms with Crippen molar-refractivity contribution >= 4 is 11.9 Å². The molecule has 7 atom stereocenters. The zero-order valence-electron chi connectivity index (χ0n) is 15.1. The second-order valence-electron chi connectivity index (χ2n) is 6.60. The summed E-state index contributed by atoms with van der Waals surface area (Å²) in [7, 11) is 0. The van der Waals surface area contributed by atoms with E-state index in [1.807, 2.05) is 37.3 Å². The van der Waals surface area contributed by atoms with Gasteiger partial charge in [-0.1, -0.05) is 30.3 Å². The molecule has 1 aliphatic rings. The highest BCUT2D eigenvalue weighted by atomic mass is 16.7. The Labute approximate surface area is 156 Å². The fourth-order valence-corrected chi connectivity index (χ4v) is 2.73. The van der Waals surface area contributed by atoms with Gasteiger partial charge in [-0.25, -0.2) is 4.79 Å². The summed E-state index contributed by atoms with van der Waals surface area (Å²) in [6.45, 7) is 3.15. The average Bonchev–Trinajstić information content (AvgIpc) is 2.63. The standard InChI is InChI=1S/C18H25NO8/c1-9(8-11-6-4-3-5-7-11)19-16(23)10(2)26-18(25)15-13(21)12(20)14(22)17(24)27-15/h3-7,9-10,12-15,17,20-22,24H,8H2,1-2H3,(H,19,23)/t9?,10?,12-,13-,14+,15-,17?/m0/s1. The first-order valence-electron chi connectivity index (χ1n) is 8.63. The predicted octanol–water partition coefficient (Wildman–Crippen LogP) is -1.53. The highest BCUT2D eigenvalue weighted by molar-refractivity contribution is 5.85. The quantitative estimate of drug-likeness (QED) is 0.372. The van der Waals surface area contributed by atoms with Crippen LogP contribution < -0.4 is 5.32 Å². The van der Waals surface area contributed by atoms with Crippen LogP contribution in [0.2, 0.25) is 0 Å². The number of nitrogens with one attached hydrogen (secondary N) is 1. The summed E-state index contributed by atoms with van der Waals surface area (Å²) >= 11 is 0. The van der Waals surface area contributed by atoms with Crippen molar-refractivity contribution in [1.29, 1.82) is 0 Å². The van der Waals surface area contributed by atoms with Crippen LogP contribution in [-0.2, 0) is 25.5 Å². The molecule has 0 aliphatic carbocycles. The van der Waals surface area contributed by atoms with Gasteiger partial charge in [0.25, 0.3) is 5.91 Å². The van der Waals surface area contributed by atoms with Crippen molar-refractivity contribution < 1.29 is 39.5 Å².